The molecule has 1 aromatic rings. The maximum absolute atomic E-state index is 12.4. The van der Waals surface area contributed by atoms with Crippen LogP contribution in [0.4, 0.5) is 5.69 Å². The topological polar surface area (TPSA) is 43.8 Å². The van der Waals surface area contributed by atoms with Gasteiger partial charge in [0.15, 0.2) is 0 Å². The van der Waals surface area contributed by atoms with E-state index in [1.165, 1.54) is 5.56 Å². The number of nitrogens with zero attached hydrogens (tertiary/aromatic N) is 2. The Labute approximate surface area is 114 Å². The van der Waals surface area contributed by atoms with Crippen LogP contribution in [0.2, 0.25) is 0 Å². The van der Waals surface area contributed by atoms with Crippen molar-refractivity contribution in [3.8, 4) is 0 Å². The van der Waals surface area contributed by atoms with Crippen molar-refractivity contribution in [2.24, 2.45) is 0 Å². The van der Waals surface area contributed by atoms with Gasteiger partial charge in [-0.2, -0.15) is 0 Å². The van der Waals surface area contributed by atoms with Crippen LogP contribution in [0.15, 0.2) is 24.3 Å². The molecule has 4 nitrogen and oxygen atoms in total. The normalized spacial score (nSPS) is 13.9. The van der Waals surface area contributed by atoms with E-state index < -0.39 is 0 Å². The number of aliphatic hydroxyl groups excluding tert-OH is 1. The number of anilines is 1. The molecular weight excluding hydrogens is 240 g/mol. The van der Waals surface area contributed by atoms with E-state index in [4.69, 9.17) is 5.11 Å². The number of hydrogen-bond donors (Lipinski definition) is 1. The molecule has 1 amide bonds. The Balaban J connectivity index is 2.01. The van der Waals surface area contributed by atoms with Crippen molar-refractivity contribution in [2.75, 3.05) is 37.7 Å². The van der Waals surface area contributed by atoms with Crippen LogP contribution in [0, 0.1) is 0 Å². The number of carbonyl (C=O) groups excluding carboxylic acids is 1. The Bertz CT molecular complexity index is 428. The molecule has 104 valence electrons. The fourth-order valence-corrected chi connectivity index (χ4v) is 2.60. The first-order chi connectivity index (χ1) is 9.26. The summed E-state index contributed by atoms with van der Waals surface area (Å²) in [6.07, 6.45) is 1.93. The van der Waals surface area contributed by atoms with Crippen LogP contribution in [-0.4, -0.2) is 48.7 Å². The van der Waals surface area contributed by atoms with Crippen molar-refractivity contribution < 1.29 is 9.90 Å². The molecule has 0 unspecified atom stereocenters. The molecule has 0 saturated heterocycles. The van der Waals surface area contributed by atoms with E-state index >= 15 is 0 Å². The number of amides is 1. The molecule has 0 aromatic heterocycles. The van der Waals surface area contributed by atoms with Crippen molar-refractivity contribution in [1.29, 1.82) is 0 Å². The second-order valence-electron chi connectivity index (χ2n) is 4.92. The Morgan fingerprint density at radius 2 is 2.16 bits per heavy atom. The van der Waals surface area contributed by atoms with E-state index in [2.05, 4.69) is 13.0 Å². The highest BCUT2D eigenvalue weighted by Gasteiger charge is 2.25. The summed E-state index contributed by atoms with van der Waals surface area (Å²) in [5, 5.41) is 9.03. The first-order valence-corrected chi connectivity index (χ1v) is 6.97. The van der Waals surface area contributed by atoms with Gasteiger partial charge in [0.05, 0.1) is 13.2 Å². The lowest BCUT2D eigenvalue weighted by molar-refractivity contribution is -0.119. The summed E-state index contributed by atoms with van der Waals surface area (Å²) in [6.45, 7) is 4.76. The van der Waals surface area contributed by atoms with Crippen LogP contribution in [0.25, 0.3) is 0 Å². The zero-order chi connectivity index (χ0) is 13.7. The van der Waals surface area contributed by atoms with Gasteiger partial charge < -0.3 is 10.0 Å². The monoisotopic (exact) mass is 262 g/mol. The van der Waals surface area contributed by atoms with E-state index in [0.717, 1.165) is 31.6 Å². The fraction of sp³-hybridized carbons (Fsp3) is 0.533. The summed E-state index contributed by atoms with van der Waals surface area (Å²) in [5.74, 6) is 0.131. The molecule has 0 bridgehead atoms. The number of aliphatic hydroxyl groups is 1. The van der Waals surface area contributed by atoms with Crippen molar-refractivity contribution in [1.82, 2.24) is 4.90 Å². The minimum Gasteiger partial charge on any atom is -0.395 e. The van der Waals surface area contributed by atoms with Gasteiger partial charge in [0, 0.05) is 18.8 Å². The quantitative estimate of drug-likeness (QED) is 0.840. The average molecular weight is 262 g/mol. The highest BCUT2D eigenvalue weighted by molar-refractivity contribution is 5.96. The first-order valence-electron chi connectivity index (χ1n) is 6.97. The van der Waals surface area contributed by atoms with Crippen molar-refractivity contribution in [3.05, 3.63) is 29.8 Å². The maximum atomic E-state index is 12.4. The summed E-state index contributed by atoms with van der Waals surface area (Å²) in [4.78, 5) is 16.3. The Morgan fingerprint density at radius 1 is 1.37 bits per heavy atom. The van der Waals surface area contributed by atoms with Gasteiger partial charge in [-0.15, -0.1) is 0 Å². The maximum Gasteiger partial charge on any atom is 0.241 e. The van der Waals surface area contributed by atoms with Gasteiger partial charge in [-0.05, 0) is 31.0 Å². The summed E-state index contributed by atoms with van der Waals surface area (Å²) < 4.78 is 0. The molecule has 1 aliphatic rings. The number of benzene rings is 1. The number of hydrogen-bond acceptors (Lipinski definition) is 3. The predicted molar refractivity (Wildman–Crippen MR) is 76.3 cm³/mol. The molecule has 0 spiro atoms. The Hall–Kier alpha value is -1.39. The Morgan fingerprint density at radius 3 is 2.89 bits per heavy atom. The van der Waals surface area contributed by atoms with Gasteiger partial charge in [0.1, 0.15) is 0 Å². The standard InChI is InChI=1S/C15H22N2O2/c1-2-8-16(10-11-18)12-15(19)17-9-7-13-5-3-4-6-14(13)17/h3-6,18H,2,7-12H2,1H3. The minimum atomic E-state index is 0.101. The molecule has 0 atom stereocenters. The predicted octanol–water partition coefficient (Wildman–Crippen LogP) is 1.28. The Kier molecular flexibility index (Phi) is 4.93. The summed E-state index contributed by atoms with van der Waals surface area (Å²) in [5.41, 5.74) is 2.30. The van der Waals surface area contributed by atoms with Crippen LogP contribution in [0.1, 0.15) is 18.9 Å². The number of para-hydroxylation sites is 1. The third-order valence-corrected chi connectivity index (χ3v) is 3.50. The van der Waals surface area contributed by atoms with Crippen LogP contribution >= 0.6 is 0 Å². The van der Waals surface area contributed by atoms with Crippen LogP contribution in [0.3, 0.4) is 0 Å². The highest BCUT2D eigenvalue weighted by atomic mass is 16.3. The first kappa shape index (κ1) is 14.0. The van der Waals surface area contributed by atoms with Crippen molar-refractivity contribution in [2.45, 2.75) is 19.8 Å². The molecule has 1 N–H and O–H groups in total. The lowest BCUT2D eigenvalue weighted by Gasteiger charge is -2.24. The smallest absolute Gasteiger partial charge is 0.241 e. The molecule has 0 fully saturated rings. The lowest BCUT2D eigenvalue weighted by Crippen LogP contribution is -2.41. The average Bonchev–Trinajstić information content (AvgIpc) is 2.83. The summed E-state index contributed by atoms with van der Waals surface area (Å²) in [6, 6.07) is 8.08. The molecule has 19 heavy (non-hydrogen) atoms. The largest absolute Gasteiger partial charge is 0.395 e. The third-order valence-electron chi connectivity index (χ3n) is 3.50. The molecule has 1 aromatic carbocycles. The number of carbonyl (C=O) groups is 1. The van der Waals surface area contributed by atoms with Crippen LogP contribution in [-0.2, 0) is 11.2 Å². The van der Waals surface area contributed by atoms with E-state index in [9.17, 15) is 4.79 Å². The molecular formula is C15H22N2O2. The molecule has 4 heteroatoms. The van der Waals surface area contributed by atoms with Gasteiger partial charge in [-0.1, -0.05) is 25.1 Å². The van der Waals surface area contributed by atoms with E-state index in [1.807, 2.05) is 28.0 Å². The zero-order valence-corrected chi connectivity index (χ0v) is 11.5. The van der Waals surface area contributed by atoms with Crippen molar-refractivity contribution in [3.63, 3.8) is 0 Å². The SMILES string of the molecule is CCCN(CCO)CC(=O)N1CCc2ccccc21. The number of rotatable bonds is 6. The molecule has 1 aliphatic heterocycles. The van der Waals surface area contributed by atoms with Gasteiger partial charge >= 0.3 is 0 Å². The lowest BCUT2D eigenvalue weighted by atomic mass is 10.2. The molecule has 0 aliphatic carbocycles. The van der Waals surface area contributed by atoms with Crippen molar-refractivity contribution >= 4 is 11.6 Å². The summed E-state index contributed by atoms with van der Waals surface area (Å²) >= 11 is 0. The molecule has 2 rings (SSSR count). The zero-order valence-electron chi connectivity index (χ0n) is 11.5. The van der Waals surface area contributed by atoms with Gasteiger partial charge in [-0.3, -0.25) is 9.69 Å². The number of fused-ring (bicyclic) bond motifs is 1. The second kappa shape index (κ2) is 6.68. The third kappa shape index (κ3) is 3.33. The fourth-order valence-electron chi connectivity index (χ4n) is 2.60. The second-order valence-corrected chi connectivity index (χ2v) is 4.92. The summed E-state index contributed by atoms with van der Waals surface area (Å²) in [7, 11) is 0. The van der Waals surface area contributed by atoms with Gasteiger partial charge in [-0.25, -0.2) is 0 Å². The highest BCUT2D eigenvalue weighted by Crippen LogP contribution is 2.27. The molecule has 1 heterocycles. The molecule has 0 radical (unpaired) electrons. The van der Waals surface area contributed by atoms with Crippen LogP contribution < -0.4 is 4.90 Å². The molecule has 0 saturated carbocycles. The van der Waals surface area contributed by atoms with Gasteiger partial charge in [0.2, 0.25) is 5.91 Å². The van der Waals surface area contributed by atoms with Crippen LogP contribution in [0.5, 0.6) is 0 Å². The van der Waals surface area contributed by atoms with E-state index in [0.29, 0.717) is 13.1 Å². The van der Waals surface area contributed by atoms with E-state index in [-0.39, 0.29) is 12.5 Å². The van der Waals surface area contributed by atoms with E-state index in [1.54, 1.807) is 0 Å². The van der Waals surface area contributed by atoms with Gasteiger partial charge in [0.25, 0.3) is 0 Å². The minimum absolute atomic E-state index is 0.101.